The van der Waals surface area contributed by atoms with E-state index in [-0.39, 0.29) is 13.0 Å². The first kappa shape index (κ1) is 13.5. The first-order chi connectivity index (χ1) is 9.44. The minimum atomic E-state index is -2.53. The zero-order valence-corrected chi connectivity index (χ0v) is 11.8. The predicted octanol–water partition coefficient (Wildman–Crippen LogP) is 3.30. The van der Waals surface area contributed by atoms with Crippen LogP contribution < -0.4 is 0 Å². The van der Waals surface area contributed by atoms with Gasteiger partial charge in [-0.15, -0.1) is 0 Å². The second-order valence-electron chi connectivity index (χ2n) is 5.94. The number of halogens is 2. The second-order valence-corrected chi connectivity index (χ2v) is 5.94. The summed E-state index contributed by atoms with van der Waals surface area (Å²) in [5.41, 5.74) is 3.33. The van der Waals surface area contributed by atoms with Crippen molar-refractivity contribution in [3.63, 3.8) is 0 Å². The van der Waals surface area contributed by atoms with Gasteiger partial charge in [0.05, 0.1) is 18.3 Å². The van der Waals surface area contributed by atoms with Gasteiger partial charge in [0.2, 0.25) is 0 Å². The molecule has 1 fully saturated rings. The summed E-state index contributed by atoms with van der Waals surface area (Å²) in [6.45, 7) is 5.15. The monoisotopic (exact) mass is 279 g/mol. The van der Waals surface area contributed by atoms with Crippen LogP contribution in [0, 0.1) is 0 Å². The van der Waals surface area contributed by atoms with Crippen molar-refractivity contribution in [2.24, 2.45) is 0 Å². The number of fused-ring (bicyclic) bond motifs is 1. The lowest BCUT2D eigenvalue weighted by Crippen LogP contribution is -2.24. The summed E-state index contributed by atoms with van der Waals surface area (Å²) in [6.07, 6.45) is 3.79. The fourth-order valence-electron chi connectivity index (χ4n) is 2.79. The Hall–Kier alpha value is -1.49. The molecule has 0 atom stereocenters. The molecule has 0 spiro atoms. The van der Waals surface area contributed by atoms with Crippen molar-refractivity contribution in [1.82, 2.24) is 14.5 Å². The Kier molecular flexibility index (Phi) is 3.24. The molecule has 0 aromatic carbocycles. The lowest BCUT2D eigenvalue weighted by molar-refractivity contribution is 0.0115. The maximum atomic E-state index is 13.2. The molecule has 0 amide bonds. The van der Waals surface area contributed by atoms with E-state index in [1.54, 1.807) is 4.90 Å². The second kappa shape index (κ2) is 4.81. The Morgan fingerprint density at radius 3 is 2.80 bits per heavy atom. The quantitative estimate of drug-likeness (QED) is 0.859. The average molecular weight is 279 g/mol. The summed E-state index contributed by atoms with van der Waals surface area (Å²) in [5, 5.41) is 4.35. The van der Waals surface area contributed by atoms with Crippen LogP contribution in [0.2, 0.25) is 0 Å². The Morgan fingerprint density at radius 2 is 2.15 bits per heavy atom. The maximum Gasteiger partial charge on any atom is 0.261 e. The van der Waals surface area contributed by atoms with Gasteiger partial charge in [0, 0.05) is 31.3 Å². The molecule has 1 aliphatic heterocycles. The highest BCUT2D eigenvalue weighted by atomic mass is 19.3. The van der Waals surface area contributed by atoms with Crippen LogP contribution in [0.1, 0.15) is 37.3 Å². The van der Waals surface area contributed by atoms with Crippen LogP contribution in [0.15, 0.2) is 24.5 Å². The van der Waals surface area contributed by atoms with E-state index in [0.29, 0.717) is 19.0 Å². The largest absolute Gasteiger partial charge is 0.293 e. The summed E-state index contributed by atoms with van der Waals surface area (Å²) >= 11 is 0. The van der Waals surface area contributed by atoms with E-state index in [1.807, 2.05) is 29.0 Å². The van der Waals surface area contributed by atoms with E-state index in [2.05, 4.69) is 18.9 Å². The molecule has 5 heteroatoms. The highest BCUT2D eigenvalue weighted by Crippen LogP contribution is 2.28. The highest BCUT2D eigenvalue weighted by Gasteiger charge is 2.37. The van der Waals surface area contributed by atoms with Crippen LogP contribution >= 0.6 is 0 Å². The Morgan fingerprint density at radius 1 is 1.35 bits per heavy atom. The first-order valence-electron chi connectivity index (χ1n) is 7.01. The van der Waals surface area contributed by atoms with Crippen LogP contribution in [-0.2, 0) is 6.54 Å². The minimum absolute atomic E-state index is 0.0332. The van der Waals surface area contributed by atoms with Crippen molar-refractivity contribution in [1.29, 1.82) is 0 Å². The summed E-state index contributed by atoms with van der Waals surface area (Å²) in [7, 11) is 0. The van der Waals surface area contributed by atoms with Gasteiger partial charge in [0.1, 0.15) is 0 Å². The van der Waals surface area contributed by atoms with E-state index in [4.69, 9.17) is 0 Å². The lowest BCUT2D eigenvalue weighted by atomic mass is 10.1. The van der Waals surface area contributed by atoms with Gasteiger partial charge >= 0.3 is 0 Å². The number of alkyl halides is 2. The number of rotatable bonds is 3. The molecule has 0 saturated carbocycles. The molecule has 20 heavy (non-hydrogen) atoms. The molecule has 3 nitrogen and oxygen atoms in total. The molecular weight excluding hydrogens is 260 g/mol. The Labute approximate surface area is 117 Å². The fourth-order valence-corrected chi connectivity index (χ4v) is 2.79. The van der Waals surface area contributed by atoms with Crippen molar-refractivity contribution >= 4 is 5.52 Å². The number of hydrogen-bond acceptors (Lipinski definition) is 2. The molecule has 0 unspecified atom stereocenters. The number of aromatic nitrogens is 2. The third-order valence-corrected chi connectivity index (χ3v) is 3.88. The van der Waals surface area contributed by atoms with E-state index in [9.17, 15) is 8.78 Å². The predicted molar refractivity (Wildman–Crippen MR) is 74.1 cm³/mol. The van der Waals surface area contributed by atoms with Gasteiger partial charge < -0.3 is 0 Å². The fraction of sp³-hybridized carbons (Fsp3) is 0.533. The Balaban J connectivity index is 1.80. The van der Waals surface area contributed by atoms with Crippen LogP contribution in [0.3, 0.4) is 0 Å². The zero-order chi connectivity index (χ0) is 14.3. The standard InChI is InChI=1S/C15H19F2N3/c1-11(2)13-7-18-20-9-12(3-4-14(13)20)8-19-6-5-15(16,17)10-19/h3-4,7,9,11H,5-6,8,10H2,1-2H3. The number of likely N-dealkylation sites (tertiary alicyclic amines) is 1. The molecule has 0 bridgehead atoms. The summed E-state index contributed by atoms with van der Waals surface area (Å²) in [4.78, 5) is 1.80. The highest BCUT2D eigenvalue weighted by molar-refractivity contribution is 5.55. The molecule has 2 aromatic rings. The SMILES string of the molecule is CC(C)c1cnn2cc(CN3CCC(F)(F)C3)ccc12. The molecule has 1 saturated heterocycles. The zero-order valence-electron chi connectivity index (χ0n) is 11.8. The molecule has 2 aromatic heterocycles. The van der Waals surface area contributed by atoms with Gasteiger partial charge in [0.15, 0.2) is 0 Å². The van der Waals surface area contributed by atoms with Crippen molar-refractivity contribution < 1.29 is 8.78 Å². The molecule has 0 N–H and O–H groups in total. The first-order valence-corrected chi connectivity index (χ1v) is 7.01. The van der Waals surface area contributed by atoms with Crippen molar-refractivity contribution in [2.45, 2.75) is 38.7 Å². The Bertz CT molecular complexity index is 619. The molecule has 0 aliphatic carbocycles. The molecule has 3 rings (SSSR count). The van der Waals surface area contributed by atoms with Gasteiger partial charge in [-0.1, -0.05) is 19.9 Å². The van der Waals surface area contributed by atoms with Gasteiger partial charge in [-0.3, -0.25) is 4.90 Å². The van der Waals surface area contributed by atoms with Crippen molar-refractivity contribution in [3.8, 4) is 0 Å². The van der Waals surface area contributed by atoms with Crippen LogP contribution in [0.4, 0.5) is 8.78 Å². The number of pyridine rings is 1. The van der Waals surface area contributed by atoms with E-state index >= 15 is 0 Å². The topological polar surface area (TPSA) is 20.5 Å². The van der Waals surface area contributed by atoms with Gasteiger partial charge in [-0.2, -0.15) is 5.10 Å². The van der Waals surface area contributed by atoms with Crippen LogP contribution in [0.25, 0.3) is 5.52 Å². The normalized spacial score (nSPS) is 19.2. The number of nitrogens with zero attached hydrogens (tertiary/aromatic N) is 3. The molecule has 1 aliphatic rings. The minimum Gasteiger partial charge on any atom is -0.293 e. The summed E-state index contributed by atoms with van der Waals surface area (Å²) in [6, 6.07) is 4.05. The van der Waals surface area contributed by atoms with Gasteiger partial charge in [-0.25, -0.2) is 13.3 Å². The van der Waals surface area contributed by atoms with Crippen molar-refractivity contribution in [2.75, 3.05) is 13.1 Å². The number of hydrogen-bond donors (Lipinski definition) is 0. The molecule has 3 heterocycles. The van der Waals surface area contributed by atoms with Gasteiger partial charge in [0.25, 0.3) is 5.92 Å². The van der Waals surface area contributed by atoms with Gasteiger partial charge in [-0.05, 0) is 17.5 Å². The van der Waals surface area contributed by atoms with E-state index in [1.165, 1.54) is 5.56 Å². The average Bonchev–Trinajstić information content (AvgIpc) is 2.92. The molecular formula is C15H19F2N3. The lowest BCUT2D eigenvalue weighted by Gasteiger charge is -2.15. The summed E-state index contributed by atoms with van der Waals surface area (Å²) in [5.74, 6) is -2.10. The third kappa shape index (κ3) is 2.54. The van der Waals surface area contributed by atoms with Crippen LogP contribution in [-0.4, -0.2) is 33.5 Å². The molecule has 108 valence electrons. The maximum absolute atomic E-state index is 13.2. The van der Waals surface area contributed by atoms with Crippen LogP contribution in [0.5, 0.6) is 0 Å². The van der Waals surface area contributed by atoms with E-state index < -0.39 is 5.92 Å². The van der Waals surface area contributed by atoms with Crippen molar-refractivity contribution in [3.05, 3.63) is 35.7 Å². The molecule has 0 radical (unpaired) electrons. The third-order valence-electron chi connectivity index (χ3n) is 3.88. The van der Waals surface area contributed by atoms with E-state index in [0.717, 1.165) is 11.1 Å². The summed E-state index contributed by atoms with van der Waals surface area (Å²) < 4.78 is 28.2. The smallest absolute Gasteiger partial charge is 0.261 e.